The number of nitrogens with one attached hydrogen (secondary N) is 2. The van der Waals surface area contributed by atoms with E-state index in [9.17, 15) is 9.59 Å². The first kappa shape index (κ1) is 22.1. The van der Waals surface area contributed by atoms with Gasteiger partial charge in [0.15, 0.2) is 5.82 Å². The van der Waals surface area contributed by atoms with Crippen LogP contribution in [0, 0.1) is 0 Å². The molecule has 0 bridgehead atoms. The number of nitrogens with zero attached hydrogens (tertiary/aromatic N) is 5. The van der Waals surface area contributed by atoms with Gasteiger partial charge in [0, 0.05) is 12.4 Å². The molecule has 29 heavy (non-hydrogen) atoms. The minimum absolute atomic E-state index is 0.00629. The molecule has 2 N–H and O–H groups in total. The summed E-state index contributed by atoms with van der Waals surface area (Å²) < 4.78 is 11.7. The van der Waals surface area contributed by atoms with Crippen LogP contribution in [-0.2, 0) is 9.47 Å². The van der Waals surface area contributed by atoms with Crippen molar-refractivity contribution in [3.63, 3.8) is 0 Å². The monoisotopic (exact) mass is 405 g/mol. The predicted molar refractivity (Wildman–Crippen MR) is 105 cm³/mol. The lowest BCUT2D eigenvalue weighted by Gasteiger charge is -2.21. The van der Waals surface area contributed by atoms with E-state index in [1.54, 1.807) is 46.2 Å². The number of alkyl carbamates (subject to hydrolysis) is 1. The van der Waals surface area contributed by atoms with Crippen molar-refractivity contribution < 1.29 is 19.1 Å². The van der Waals surface area contributed by atoms with E-state index >= 15 is 0 Å². The minimum atomic E-state index is -0.663. The third-order valence-electron chi connectivity index (χ3n) is 3.44. The highest BCUT2D eigenvalue weighted by Crippen LogP contribution is 2.17. The van der Waals surface area contributed by atoms with E-state index in [0.717, 1.165) is 12.8 Å². The average Bonchev–Trinajstić information content (AvgIpc) is 3.05. The van der Waals surface area contributed by atoms with Gasteiger partial charge in [0.1, 0.15) is 5.60 Å². The zero-order valence-corrected chi connectivity index (χ0v) is 17.3. The quantitative estimate of drug-likeness (QED) is 0.672. The second kappa shape index (κ2) is 9.80. The third kappa shape index (κ3) is 7.01. The Hall–Kier alpha value is -3.24. The smallest absolute Gasteiger partial charge is 0.414 e. The summed E-state index contributed by atoms with van der Waals surface area (Å²) in [6, 6.07) is 1.06. The highest BCUT2D eigenvalue weighted by Gasteiger charge is 2.24. The van der Waals surface area contributed by atoms with Crippen LogP contribution in [0.3, 0.4) is 0 Å². The fraction of sp³-hybridized carbons (Fsp3) is 0.556. The molecule has 0 aliphatic rings. The number of anilines is 1. The lowest BCUT2D eigenvalue weighted by Crippen LogP contribution is -2.35. The van der Waals surface area contributed by atoms with Crippen LogP contribution < -0.4 is 10.6 Å². The maximum Gasteiger partial charge on any atom is 0.414 e. The molecule has 0 unspecified atom stereocenters. The molecule has 158 valence electrons. The number of carbonyl (C=O) groups is 2. The first-order valence-electron chi connectivity index (χ1n) is 9.37. The molecule has 11 nitrogen and oxygen atoms in total. The molecule has 1 atom stereocenters. The molecule has 0 aliphatic heterocycles. The van der Waals surface area contributed by atoms with Crippen LogP contribution >= 0.6 is 0 Å². The van der Waals surface area contributed by atoms with E-state index in [4.69, 9.17) is 9.47 Å². The number of hydrogen-bond acceptors (Lipinski definition) is 8. The predicted octanol–water partition coefficient (Wildman–Crippen LogP) is 2.99. The zero-order valence-electron chi connectivity index (χ0n) is 17.3. The van der Waals surface area contributed by atoms with Crippen LogP contribution in [0.15, 0.2) is 18.5 Å². The summed E-state index contributed by atoms with van der Waals surface area (Å²) in [5.74, 6) is 0.554. The molecule has 2 heterocycles. The Balaban J connectivity index is 2.21. The Labute approximate surface area is 169 Å². The van der Waals surface area contributed by atoms with Crippen molar-refractivity contribution in [1.29, 1.82) is 0 Å². The summed E-state index contributed by atoms with van der Waals surface area (Å²) in [5.41, 5.74) is -0.644. The fourth-order valence-corrected chi connectivity index (χ4v) is 2.19. The van der Waals surface area contributed by atoms with Crippen LogP contribution in [0.1, 0.15) is 59.3 Å². The molecule has 2 aromatic rings. The SMILES string of the molecule is CCCCOC(=O)Nc1nc([C@H](C)NC(=O)OC(C)(C)C)n(-c2ncccn2)n1. The van der Waals surface area contributed by atoms with Gasteiger partial charge in [-0.3, -0.25) is 5.32 Å². The van der Waals surface area contributed by atoms with Gasteiger partial charge < -0.3 is 14.8 Å². The molecule has 2 rings (SSSR count). The molecule has 0 spiro atoms. The lowest BCUT2D eigenvalue weighted by molar-refractivity contribution is 0.0505. The summed E-state index contributed by atoms with van der Waals surface area (Å²) >= 11 is 0. The maximum absolute atomic E-state index is 12.1. The molecule has 0 aliphatic carbocycles. The molecule has 2 amide bonds. The lowest BCUT2D eigenvalue weighted by atomic mass is 10.2. The van der Waals surface area contributed by atoms with E-state index in [1.807, 2.05) is 6.92 Å². The van der Waals surface area contributed by atoms with Crippen molar-refractivity contribution in [3.8, 4) is 5.95 Å². The Morgan fingerprint density at radius 3 is 2.52 bits per heavy atom. The van der Waals surface area contributed by atoms with Crippen molar-refractivity contribution in [3.05, 3.63) is 24.3 Å². The van der Waals surface area contributed by atoms with Gasteiger partial charge in [-0.2, -0.15) is 9.67 Å². The number of carbonyl (C=O) groups excluding carboxylic acids is 2. The van der Waals surface area contributed by atoms with E-state index < -0.39 is 23.8 Å². The van der Waals surface area contributed by atoms with Gasteiger partial charge in [0.05, 0.1) is 12.6 Å². The van der Waals surface area contributed by atoms with Crippen molar-refractivity contribution in [2.24, 2.45) is 0 Å². The van der Waals surface area contributed by atoms with Crippen LogP contribution in [0.25, 0.3) is 5.95 Å². The second-order valence-corrected chi connectivity index (χ2v) is 7.24. The van der Waals surface area contributed by atoms with Crippen LogP contribution in [-0.4, -0.2) is 49.1 Å². The van der Waals surface area contributed by atoms with Crippen molar-refractivity contribution in [2.45, 2.75) is 59.1 Å². The van der Waals surface area contributed by atoms with E-state index in [-0.39, 0.29) is 11.9 Å². The normalized spacial score (nSPS) is 12.2. The Kier molecular flexibility index (Phi) is 7.46. The summed E-state index contributed by atoms with van der Waals surface area (Å²) in [7, 11) is 0. The Morgan fingerprint density at radius 2 is 1.90 bits per heavy atom. The van der Waals surface area contributed by atoms with Crippen molar-refractivity contribution in [1.82, 2.24) is 30.0 Å². The van der Waals surface area contributed by atoms with Gasteiger partial charge in [-0.05, 0) is 40.2 Å². The number of hydrogen-bond donors (Lipinski definition) is 2. The highest BCUT2D eigenvalue weighted by atomic mass is 16.6. The number of amides is 2. The second-order valence-electron chi connectivity index (χ2n) is 7.24. The van der Waals surface area contributed by atoms with Crippen LogP contribution in [0.4, 0.5) is 15.5 Å². The molecule has 0 radical (unpaired) electrons. The van der Waals surface area contributed by atoms with Crippen molar-refractivity contribution >= 4 is 18.1 Å². The summed E-state index contributed by atoms with van der Waals surface area (Å²) in [4.78, 5) is 36.6. The van der Waals surface area contributed by atoms with Gasteiger partial charge in [-0.15, -0.1) is 5.10 Å². The first-order chi connectivity index (χ1) is 13.7. The first-order valence-corrected chi connectivity index (χ1v) is 9.37. The van der Waals surface area contributed by atoms with Crippen LogP contribution in [0.2, 0.25) is 0 Å². The third-order valence-corrected chi connectivity index (χ3v) is 3.44. The van der Waals surface area contributed by atoms with Crippen molar-refractivity contribution in [2.75, 3.05) is 11.9 Å². The van der Waals surface area contributed by atoms with E-state index in [2.05, 4.69) is 30.7 Å². The summed E-state index contributed by atoms with van der Waals surface area (Å²) in [6.45, 7) is 9.30. The average molecular weight is 405 g/mol. The standard InChI is InChI=1S/C18H27N7O4/c1-6-7-11-28-16(26)23-14-22-13(12(2)21-17(27)29-18(3,4)5)25(24-14)15-19-9-8-10-20-15/h8-10,12H,6-7,11H2,1-5H3,(H,21,27)(H,23,24,26)/t12-/m0/s1. The number of unbranched alkanes of at least 4 members (excludes halogenated alkanes) is 1. The molecule has 2 aromatic heterocycles. The molecular formula is C18H27N7O4. The van der Waals surface area contributed by atoms with Gasteiger partial charge in [0.25, 0.3) is 11.9 Å². The summed E-state index contributed by atoms with van der Waals surface area (Å²) in [6.07, 6.45) is 3.49. The van der Waals surface area contributed by atoms with Gasteiger partial charge in [0.2, 0.25) is 0 Å². The molecule has 0 aromatic carbocycles. The topological polar surface area (TPSA) is 133 Å². The molecule has 0 saturated carbocycles. The highest BCUT2D eigenvalue weighted by molar-refractivity contribution is 5.82. The van der Waals surface area contributed by atoms with E-state index in [1.165, 1.54) is 4.68 Å². The molecule has 0 saturated heterocycles. The van der Waals surface area contributed by atoms with Gasteiger partial charge in [-0.25, -0.2) is 19.6 Å². The zero-order chi connectivity index (χ0) is 21.4. The van der Waals surface area contributed by atoms with Crippen LogP contribution in [0.5, 0.6) is 0 Å². The number of rotatable bonds is 7. The number of aromatic nitrogens is 5. The largest absolute Gasteiger partial charge is 0.449 e. The Morgan fingerprint density at radius 1 is 1.21 bits per heavy atom. The fourth-order valence-electron chi connectivity index (χ4n) is 2.19. The Bertz CT molecular complexity index is 817. The van der Waals surface area contributed by atoms with E-state index in [0.29, 0.717) is 12.4 Å². The molecule has 11 heteroatoms. The van der Waals surface area contributed by atoms with Gasteiger partial charge in [-0.1, -0.05) is 13.3 Å². The minimum Gasteiger partial charge on any atom is -0.449 e. The summed E-state index contributed by atoms with van der Waals surface area (Å²) in [5, 5.41) is 9.39. The molecular weight excluding hydrogens is 378 g/mol. The number of ether oxygens (including phenoxy) is 2. The maximum atomic E-state index is 12.1. The molecule has 0 fully saturated rings. The van der Waals surface area contributed by atoms with Gasteiger partial charge >= 0.3 is 12.2 Å².